The zero-order chi connectivity index (χ0) is 10.8. The van der Waals surface area contributed by atoms with Crippen molar-refractivity contribution in [2.45, 2.75) is 32.4 Å². The number of aryl methyl sites for hydroxylation is 2. The number of primary amides is 1. The molecule has 14 heavy (non-hydrogen) atoms. The molecule has 1 atom stereocenters. The lowest BCUT2D eigenvalue weighted by molar-refractivity contribution is -0.122. The first kappa shape index (κ1) is 10.7. The molecule has 0 aliphatic rings. The minimum absolute atomic E-state index is 0.484. The van der Waals surface area contributed by atoms with Crippen LogP contribution in [0.1, 0.15) is 19.0 Å². The molecule has 1 amide bonds. The van der Waals surface area contributed by atoms with E-state index in [2.05, 4.69) is 5.10 Å². The predicted molar refractivity (Wildman–Crippen MR) is 53.4 cm³/mol. The number of amides is 1. The van der Waals surface area contributed by atoms with Gasteiger partial charge < -0.3 is 11.5 Å². The highest BCUT2D eigenvalue weighted by molar-refractivity contribution is 5.83. The second-order valence-corrected chi connectivity index (χ2v) is 3.73. The van der Waals surface area contributed by atoms with Crippen LogP contribution in [0.15, 0.2) is 12.3 Å². The van der Waals surface area contributed by atoms with Crippen LogP contribution < -0.4 is 11.5 Å². The fourth-order valence-electron chi connectivity index (χ4n) is 1.09. The Hall–Kier alpha value is -1.36. The average molecular weight is 196 g/mol. The third kappa shape index (κ3) is 2.32. The summed E-state index contributed by atoms with van der Waals surface area (Å²) in [5.41, 5.74) is 11.0. The number of nitrogens with zero attached hydrogens (tertiary/aromatic N) is 2. The van der Waals surface area contributed by atoms with Crippen LogP contribution in [0.3, 0.4) is 0 Å². The van der Waals surface area contributed by atoms with Crippen molar-refractivity contribution in [3.05, 3.63) is 18.0 Å². The van der Waals surface area contributed by atoms with E-state index in [-0.39, 0.29) is 0 Å². The molecule has 5 heteroatoms. The zero-order valence-electron chi connectivity index (χ0n) is 8.53. The second kappa shape index (κ2) is 3.79. The van der Waals surface area contributed by atoms with Gasteiger partial charge in [-0.05, 0) is 26.3 Å². The fraction of sp³-hybridized carbons (Fsp3) is 0.556. The number of aromatic nitrogens is 2. The van der Waals surface area contributed by atoms with Crippen molar-refractivity contribution in [1.82, 2.24) is 9.78 Å². The lowest BCUT2D eigenvalue weighted by Gasteiger charge is -2.20. The minimum atomic E-state index is -0.960. The molecule has 0 aliphatic heterocycles. The first-order valence-electron chi connectivity index (χ1n) is 4.51. The smallest absolute Gasteiger partial charge is 0.237 e. The van der Waals surface area contributed by atoms with E-state index in [0.29, 0.717) is 13.0 Å². The molecule has 0 saturated carbocycles. The van der Waals surface area contributed by atoms with Gasteiger partial charge in [0.1, 0.15) is 0 Å². The Kier molecular flexibility index (Phi) is 2.90. The van der Waals surface area contributed by atoms with E-state index in [4.69, 9.17) is 11.5 Å². The van der Waals surface area contributed by atoms with Crippen LogP contribution in [-0.4, -0.2) is 21.2 Å². The molecular weight excluding hydrogens is 180 g/mol. The monoisotopic (exact) mass is 196 g/mol. The van der Waals surface area contributed by atoms with Gasteiger partial charge in [-0.3, -0.25) is 9.48 Å². The highest BCUT2D eigenvalue weighted by atomic mass is 16.1. The third-order valence-corrected chi connectivity index (χ3v) is 2.33. The molecule has 0 spiro atoms. The molecule has 1 rings (SSSR count). The van der Waals surface area contributed by atoms with Crippen molar-refractivity contribution in [2.75, 3.05) is 0 Å². The van der Waals surface area contributed by atoms with Crippen LogP contribution in [-0.2, 0) is 11.3 Å². The number of nitrogens with two attached hydrogens (primary N) is 2. The van der Waals surface area contributed by atoms with Crippen LogP contribution in [0.4, 0.5) is 0 Å². The van der Waals surface area contributed by atoms with Gasteiger partial charge in [0.15, 0.2) is 0 Å². The highest BCUT2D eigenvalue weighted by Crippen LogP contribution is 2.07. The topological polar surface area (TPSA) is 86.9 Å². The van der Waals surface area contributed by atoms with Gasteiger partial charge in [0, 0.05) is 18.4 Å². The Bertz CT molecular complexity index is 329. The van der Waals surface area contributed by atoms with Gasteiger partial charge in [0.05, 0.1) is 5.54 Å². The van der Waals surface area contributed by atoms with Crippen molar-refractivity contribution in [1.29, 1.82) is 0 Å². The summed E-state index contributed by atoms with van der Waals surface area (Å²) in [7, 11) is 0. The van der Waals surface area contributed by atoms with Gasteiger partial charge in [0.2, 0.25) is 5.91 Å². The first-order valence-corrected chi connectivity index (χ1v) is 4.51. The fourth-order valence-corrected chi connectivity index (χ4v) is 1.09. The van der Waals surface area contributed by atoms with Crippen LogP contribution in [0.2, 0.25) is 0 Å². The summed E-state index contributed by atoms with van der Waals surface area (Å²) >= 11 is 0. The molecule has 0 aromatic carbocycles. The summed E-state index contributed by atoms with van der Waals surface area (Å²) in [6.07, 6.45) is 2.21. The Morgan fingerprint density at radius 2 is 2.36 bits per heavy atom. The average Bonchev–Trinajstić information content (AvgIpc) is 2.47. The Morgan fingerprint density at radius 3 is 2.79 bits per heavy atom. The summed E-state index contributed by atoms with van der Waals surface area (Å²) in [4.78, 5) is 10.9. The van der Waals surface area contributed by atoms with E-state index in [1.807, 2.05) is 13.0 Å². The standard InChI is InChI=1S/C9H16N4O/c1-7-3-5-12-13(7)6-4-9(2,11)8(10)14/h3,5H,4,6,11H2,1-2H3,(H2,10,14). The molecule has 1 heterocycles. The molecule has 0 radical (unpaired) electrons. The van der Waals surface area contributed by atoms with E-state index >= 15 is 0 Å². The normalized spacial score (nSPS) is 15.1. The lowest BCUT2D eigenvalue weighted by Crippen LogP contribution is -2.49. The first-order chi connectivity index (χ1) is 6.43. The van der Waals surface area contributed by atoms with Gasteiger partial charge in [0.25, 0.3) is 0 Å². The van der Waals surface area contributed by atoms with Gasteiger partial charge in [-0.25, -0.2) is 0 Å². The summed E-state index contributed by atoms with van der Waals surface area (Å²) < 4.78 is 1.80. The Labute approximate surface area is 83.1 Å². The van der Waals surface area contributed by atoms with E-state index in [1.165, 1.54) is 0 Å². The number of carbonyl (C=O) groups excluding carboxylic acids is 1. The molecule has 1 unspecified atom stereocenters. The maximum Gasteiger partial charge on any atom is 0.237 e. The van der Waals surface area contributed by atoms with Gasteiger partial charge in [-0.15, -0.1) is 0 Å². The predicted octanol–water partition coefficient (Wildman–Crippen LogP) is -0.216. The molecule has 0 aliphatic carbocycles. The van der Waals surface area contributed by atoms with Crippen molar-refractivity contribution in [3.8, 4) is 0 Å². The van der Waals surface area contributed by atoms with Gasteiger partial charge >= 0.3 is 0 Å². The lowest BCUT2D eigenvalue weighted by atomic mass is 9.99. The molecule has 0 bridgehead atoms. The summed E-state index contributed by atoms with van der Waals surface area (Å²) in [5.74, 6) is -0.484. The van der Waals surface area contributed by atoms with E-state index < -0.39 is 11.4 Å². The quantitative estimate of drug-likeness (QED) is 0.698. The molecule has 4 N–H and O–H groups in total. The third-order valence-electron chi connectivity index (χ3n) is 2.33. The zero-order valence-corrected chi connectivity index (χ0v) is 8.53. The summed E-state index contributed by atoms with van der Waals surface area (Å²) in [6.45, 7) is 4.19. The summed E-state index contributed by atoms with van der Waals surface area (Å²) in [6, 6.07) is 1.90. The van der Waals surface area contributed by atoms with Gasteiger partial charge in [-0.2, -0.15) is 5.10 Å². The maximum atomic E-state index is 10.9. The molecule has 1 aromatic rings. The van der Waals surface area contributed by atoms with E-state index in [0.717, 1.165) is 5.69 Å². The Balaban J connectivity index is 2.57. The van der Waals surface area contributed by atoms with Crippen LogP contribution in [0.5, 0.6) is 0 Å². The Morgan fingerprint density at radius 1 is 1.71 bits per heavy atom. The molecule has 0 fully saturated rings. The molecule has 78 valence electrons. The van der Waals surface area contributed by atoms with Crippen molar-refractivity contribution in [2.24, 2.45) is 11.5 Å². The minimum Gasteiger partial charge on any atom is -0.368 e. The largest absolute Gasteiger partial charge is 0.368 e. The number of hydrogen-bond acceptors (Lipinski definition) is 3. The molecular formula is C9H16N4O. The highest BCUT2D eigenvalue weighted by Gasteiger charge is 2.25. The van der Waals surface area contributed by atoms with Crippen molar-refractivity contribution >= 4 is 5.91 Å². The maximum absolute atomic E-state index is 10.9. The SMILES string of the molecule is Cc1ccnn1CCC(C)(N)C(N)=O. The van der Waals surface area contributed by atoms with Crippen LogP contribution >= 0.6 is 0 Å². The summed E-state index contributed by atoms with van der Waals surface area (Å²) in [5, 5.41) is 4.09. The van der Waals surface area contributed by atoms with Crippen LogP contribution in [0, 0.1) is 6.92 Å². The number of hydrogen-bond donors (Lipinski definition) is 2. The van der Waals surface area contributed by atoms with E-state index in [9.17, 15) is 4.79 Å². The molecule has 0 saturated heterocycles. The van der Waals surface area contributed by atoms with E-state index in [1.54, 1.807) is 17.8 Å². The van der Waals surface area contributed by atoms with Crippen molar-refractivity contribution in [3.63, 3.8) is 0 Å². The molecule has 1 aromatic heterocycles. The molecule has 5 nitrogen and oxygen atoms in total. The van der Waals surface area contributed by atoms with Gasteiger partial charge in [-0.1, -0.05) is 0 Å². The van der Waals surface area contributed by atoms with Crippen molar-refractivity contribution < 1.29 is 4.79 Å². The second-order valence-electron chi connectivity index (χ2n) is 3.73. The number of rotatable bonds is 4. The van der Waals surface area contributed by atoms with Crippen LogP contribution in [0.25, 0.3) is 0 Å². The number of carbonyl (C=O) groups is 1.